The number of hydrogen-bond donors (Lipinski definition) is 2. The molecule has 2 aromatic carbocycles. The Balaban J connectivity index is 1.25. The Morgan fingerprint density at radius 2 is 1.78 bits per heavy atom. The van der Waals surface area contributed by atoms with Gasteiger partial charge in [0.05, 0.1) is 11.5 Å². The van der Waals surface area contributed by atoms with Crippen molar-refractivity contribution in [3.05, 3.63) is 60.2 Å². The fourth-order valence-corrected chi connectivity index (χ4v) is 7.13. The van der Waals surface area contributed by atoms with Gasteiger partial charge in [-0.3, -0.25) is 0 Å². The topological polar surface area (TPSA) is 68.6 Å². The van der Waals surface area contributed by atoms with Crippen LogP contribution in [-0.4, -0.2) is 56.9 Å². The van der Waals surface area contributed by atoms with Gasteiger partial charge in [-0.15, -0.1) is 12.6 Å². The van der Waals surface area contributed by atoms with Gasteiger partial charge in [-0.25, -0.2) is 4.79 Å². The molecule has 3 fully saturated rings. The first-order chi connectivity index (χ1) is 18.0. The Bertz CT molecular complexity index is 1090. The Labute approximate surface area is 226 Å². The van der Waals surface area contributed by atoms with Gasteiger partial charge in [0.1, 0.15) is 6.10 Å². The first-order valence-electron chi connectivity index (χ1n) is 13.6. The van der Waals surface area contributed by atoms with Crippen molar-refractivity contribution in [3.63, 3.8) is 0 Å². The van der Waals surface area contributed by atoms with Gasteiger partial charge < -0.3 is 19.9 Å². The normalized spacial score (nSPS) is 24.6. The number of carbonyl (C=O) groups is 1. The van der Waals surface area contributed by atoms with E-state index in [1.165, 1.54) is 5.69 Å². The van der Waals surface area contributed by atoms with Crippen LogP contribution < -0.4 is 10.2 Å². The summed E-state index contributed by atoms with van der Waals surface area (Å²) in [4.78, 5) is 18.1. The maximum Gasteiger partial charge on any atom is 0.407 e. The smallest absolute Gasteiger partial charge is 0.407 e. The van der Waals surface area contributed by atoms with Crippen molar-refractivity contribution >= 4 is 24.4 Å². The van der Waals surface area contributed by atoms with Crippen LogP contribution in [0.5, 0.6) is 0 Å². The number of carbonyl (C=O) groups excluding carboxylic acids is 1. The monoisotopic (exact) mass is 518 g/mol. The molecule has 6 nitrogen and oxygen atoms in total. The molecule has 7 heteroatoms. The first kappa shape index (κ1) is 25.9. The number of thiol groups is 1. The highest BCUT2D eigenvalue weighted by Gasteiger charge is 2.53. The molecule has 5 rings (SSSR count). The van der Waals surface area contributed by atoms with Gasteiger partial charge in [0.25, 0.3) is 0 Å². The number of ether oxygens (including phenoxy) is 1. The molecule has 0 spiro atoms. The van der Waals surface area contributed by atoms with E-state index in [0.717, 1.165) is 75.3 Å². The van der Waals surface area contributed by atoms with Gasteiger partial charge >= 0.3 is 6.09 Å². The van der Waals surface area contributed by atoms with Crippen LogP contribution in [0.15, 0.2) is 59.5 Å². The van der Waals surface area contributed by atoms with Gasteiger partial charge in [0.2, 0.25) is 0 Å². The second kappa shape index (κ2) is 11.4. The average molecular weight is 519 g/mol. The molecule has 2 heterocycles. The molecule has 2 aromatic rings. The van der Waals surface area contributed by atoms with Crippen molar-refractivity contribution in [3.8, 4) is 6.07 Å². The zero-order chi connectivity index (χ0) is 25.8. The predicted octanol–water partition coefficient (Wildman–Crippen LogP) is 5.11. The van der Waals surface area contributed by atoms with Crippen molar-refractivity contribution in [2.75, 3.05) is 44.7 Å². The molecule has 3 aliphatic rings. The van der Waals surface area contributed by atoms with E-state index in [9.17, 15) is 10.1 Å². The highest BCUT2D eigenvalue weighted by molar-refractivity contribution is 7.80. The molecule has 2 saturated heterocycles. The third-order valence-electron chi connectivity index (χ3n) is 8.86. The Morgan fingerprint density at radius 1 is 1.08 bits per heavy atom. The van der Waals surface area contributed by atoms with Gasteiger partial charge in [-0.2, -0.15) is 5.26 Å². The van der Waals surface area contributed by atoms with Crippen molar-refractivity contribution in [1.82, 2.24) is 10.2 Å². The van der Waals surface area contributed by atoms with E-state index >= 15 is 0 Å². The molecular weight excluding hydrogens is 480 g/mol. The standard InChI is InChI=1S/C30H38N4O2S/c1-32-29(35)36-28-9-5-8-27(28)30(21-31,23-6-3-2-4-7-23)24-14-16-33(17-15-24)18-22-19-34(20-22)25-10-12-26(37)13-11-25/h2-4,6-7,10-13,22,24,27-28,37H,5,8-9,14-20H2,1H3,(H,32,35)/t27-,28-,30?/m1/s1. The molecule has 0 radical (unpaired) electrons. The predicted molar refractivity (Wildman–Crippen MR) is 149 cm³/mol. The van der Waals surface area contributed by atoms with Crippen LogP contribution in [0.3, 0.4) is 0 Å². The Kier molecular flexibility index (Phi) is 7.97. The molecule has 37 heavy (non-hydrogen) atoms. The molecule has 2 aliphatic heterocycles. The Morgan fingerprint density at radius 3 is 2.43 bits per heavy atom. The molecule has 1 unspecified atom stereocenters. The van der Waals surface area contributed by atoms with E-state index in [2.05, 4.69) is 70.2 Å². The number of piperidine rings is 1. The van der Waals surface area contributed by atoms with Gasteiger partial charge in [0, 0.05) is 49.1 Å². The lowest BCUT2D eigenvalue weighted by Gasteiger charge is -2.47. The molecule has 3 atom stereocenters. The largest absolute Gasteiger partial charge is 0.446 e. The Hall–Kier alpha value is -2.69. The minimum Gasteiger partial charge on any atom is -0.446 e. The van der Waals surface area contributed by atoms with E-state index in [4.69, 9.17) is 4.74 Å². The number of likely N-dealkylation sites (tertiary alicyclic amines) is 1. The summed E-state index contributed by atoms with van der Waals surface area (Å²) in [5.41, 5.74) is 1.71. The quantitative estimate of drug-likeness (QED) is 0.499. The summed E-state index contributed by atoms with van der Waals surface area (Å²) in [6.45, 7) is 5.33. The molecule has 1 saturated carbocycles. The number of alkyl carbamates (subject to hydrolysis) is 1. The zero-order valence-corrected chi connectivity index (χ0v) is 22.6. The lowest BCUT2D eigenvalue weighted by Crippen LogP contribution is -2.54. The van der Waals surface area contributed by atoms with Crippen molar-refractivity contribution in [2.24, 2.45) is 17.8 Å². The summed E-state index contributed by atoms with van der Waals surface area (Å²) >= 11 is 4.39. The summed E-state index contributed by atoms with van der Waals surface area (Å²) in [5, 5.41) is 13.4. The highest BCUT2D eigenvalue weighted by atomic mass is 32.1. The van der Waals surface area contributed by atoms with E-state index in [1.807, 2.05) is 18.2 Å². The van der Waals surface area contributed by atoms with Crippen LogP contribution in [0.25, 0.3) is 0 Å². The number of hydrogen-bond acceptors (Lipinski definition) is 6. The SMILES string of the molecule is CNC(=O)O[C@@H]1CCC[C@H]1C(C#N)(c1ccccc1)C1CCN(CC2CN(c3ccc(S)cc3)C2)CC1. The average Bonchev–Trinajstić information content (AvgIpc) is 3.37. The fraction of sp³-hybridized carbons (Fsp3) is 0.533. The minimum absolute atomic E-state index is 0.0117. The zero-order valence-electron chi connectivity index (χ0n) is 21.7. The lowest BCUT2D eigenvalue weighted by molar-refractivity contribution is 0.0307. The fourth-order valence-electron chi connectivity index (χ4n) is 6.99. The summed E-state index contributed by atoms with van der Waals surface area (Å²) < 4.78 is 5.82. The van der Waals surface area contributed by atoms with Gasteiger partial charge in [-0.05, 0) is 80.9 Å². The molecule has 1 amide bonds. The van der Waals surface area contributed by atoms with Crippen LogP contribution in [0.4, 0.5) is 10.5 Å². The van der Waals surface area contributed by atoms with Crippen molar-refractivity contribution in [2.45, 2.75) is 48.5 Å². The van der Waals surface area contributed by atoms with Crippen molar-refractivity contribution in [1.29, 1.82) is 5.26 Å². The number of amides is 1. The third-order valence-corrected chi connectivity index (χ3v) is 9.15. The molecular formula is C30H38N4O2S. The maximum absolute atomic E-state index is 12.1. The number of benzene rings is 2. The van der Waals surface area contributed by atoms with Gasteiger partial charge in [0.15, 0.2) is 0 Å². The second-order valence-electron chi connectivity index (χ2n) is 10.9. The summed E-state index contributed by atoms with van der Waals surface area (Å²) in [7, 11) is 1.59. The van der Waals surface area contributed by atoms with E-state index < -0.39 is 11.5 Å². The van der Waals surface area contributed by atoms with Crippen molar-refractivity contribution < 1.29 is 9.53 Å². The number of nitrogens with zero attached hydrogens (tertiary/aromatic N) is 3. The third kappa shape index (κ3) is 5.32. The van der Waals surface area contributed by atoms with E-state index in [1.54, 1.807) is 7.05 Å². The molecule has 1 aliphatic carbocycles. The highest BCUT2D eigenvalue weighted by Crippen LogP contribution is 2.51. The minimum atomic E-state index is -0.644. The molecule has 0 bridgehead atoms. The van der Waals surface area contributed by atoms with Crippen LogP contribution in [0.1, 0.15) is 37.7 Å². The lowest BCUT2D eigenvalue weighted by atomic mass is 9.59. The maximum atomic E-state index is 12.1. The van der Waals surface area contributed by atoms with Gasteiger partial charge in [-0.1, -0.05) is 30.3 Å². The van der Waals surface area contributed by atoms with E-state index in [-0.39, 0.29) is 17.9 Å². The number of nitrogens with one attached hydrogen (secondary N) is 1. The van der Waals surface area contributed by atoms with Crippen LogP contribution in [0.2, 0.25) is 0 Å². The number of rotatable bonds is 7. The molecule has 196 valence electrons. The van der Waals surface area contributed by atoms with Crippen LogP contribution >= 0.6 is 12.6 Å². The number of nitriles is 1. The van der Waals surface area contributed by atoms with E-state index in [0.29, 0.717) is 5.92 Å². The first-order valence-corrected chi connectivity index (χ1v) is 14.1. The summed E-state index contributed by atoms with van der Waals surface area (Å²) in [5.74, 6) is 0.938. The summed E-state index contributed by atoms with van der Waals surface area (Å²) in [6, 6.07) is 21.5. The molecule has 0 aromatic heterocycles. The summed E-state index contributed by atoms with van der Waals surface area (Å²) in [6.07, 6.45) is 4.07. The second-order valence-corrected chi connectivity index (χ2v) is 11.5. The van der Waals surface area contributed by atoms with Crippen LogP contribution in [-0.2, 0) is 10.2 Å². The number of anilines is 1. The molecule has 1 N–H and O–H groups in total. The van der Waals surface area contributed by atoms with Crippen LogP contribution in [0, 0.1) is 29.1 Å².